The van der Waals surface area contributed by atoms with Gasteiger partial charge in [-0.1, -0.05) is 18.9 Å². The molecule has 2 nitrogen and oxygen atoms in total. The Balaban J connectivity index is 2.33. The van der Waals surface area contributed by atoms with Crippen LogP contribution < -0.4 is 0 Å². The fraction of sp³-hybridized carbons (Fsp3) is 0.600. The van der Waals surface area contributed by atoms with Crippen LogP contribution in [0.1, 0.15) is 31.2 Å². The average Bonchev–Trinajstić information content (AvgIpc) is 2.35. The van der Waals surface area contributed by atoms with Gasteiger partial charge in [0.15, 0.2) is 0 Å². The lowest BCUT2D eigenvalue weighted by molar-refractivity contribution is -0.0620. The summed E-state index contributed by atoms with van der Waals surface area (Å²) in [6.45, 7) is 0.828. The topological polar surface area (TPSA) is 23.5 Å². The Kier molecular flexibility index (Phi) is 4.64. The first-order chi connectivity index (χ1) is 8.93. The first kappa shape index (κ1) is 14.9. The molecule has 0 saturated heterocycles. The van der Waals surface area contributed by atoms with Crippen molar-refractivity contribution in [3.63, 3.8) is 0 Å². The molecule has 2 atom stereocenters. The molecule has 1 N–H and O–H groups in total. The first-order valence-electron chi connectivity index (χ1n) is 6.76. The van der Waals surface area contributed by atoms with Crippen LogP contribution >= 0.6 is 15.9 Å². The van der Waals surface area contributed by atoms with Gasteiger partial charge in [-0.3, -0.25) is 0 Å². The van der Waals surface area contributed by atoms with Crippen molar-refractivity contribution in [2.75, 3.05) is 20.6 Å². The summed E-state index contributed by atoms with van der Waals surface area (Å²) in [5, 5.41) is 11.1. The van der Waals surface area contributed by atoms with E-state index in [1.54, 1.807) is 6.07 Å². The number of nitrogens with zero attached hydrogens (tertiary/aromatic N) is 1. The largest absolute Gasteiger partial charge is 0.385 e. The van der Waals surface area contributed by atoms with Crippen LogP contribution in [-0.4, -0.2) is 30.6 Å². The Morgan fingerprint density at radius 1 is 1.42 bits per heavy atom. The molecule has 2 unspecified atom stereocenters. The van der Waals surface area contributed by atoms with E-state index in [1.807, 2.05) is 20.2 Å². The fourth-order valence-corrected chi connectivity index (χ4v) is 3.30. The van der Waals surface area contributed by atoms with Crippen molar-refractivity contribution < 1.29 is 9.50 Å². The third-order valence-electron chi connectivity index (χ3n) is 4.04. The van der Waals surface area contributed by atoms with Gasteiger partial charge in [-0.2, -0.15) is 0 Å². The third kappa shape index (κ3) is 3.18. The maximum absolute atomic E-state index is 13.7. The molecule has 2 rings (SSSR count). The van der Waals surface area contributed by atoms with Gasteiger partial charge in [0, 0.05) is 12.5 Å². The number of benzene rings is 1. The minimum atomic E-state index is -0.899. The minimum absolute atomic E-state index is 0.164. The fourth-order valence-electron chi connectivity index (χ4n) is 3.06. The van der Waals surface area contributed by atoms with Gasteiger partial charge in [0.2, 0.25) is 0 Å². The second-order valence-corrected chi connectivity index (χ2v) is 6.61. The van der Waals surface area contributed by atoms with Crippen LogP contribution in [-0.2, 0) is 5.60 Å². The molecule has 0 spiro atoms. The van der Waals surface area contributed by atoms with E-state index in [4.69, 9.17) is 0 Å². The Morgan fingerprint density at radius 3 is 2.79 bits per heavy atom. The summed E-state index contributed by atoms with van der Waals surface area (Å²) in [6.07, 6.45) is 3.84. The Labute approximate surface area is 122 Å². The number of aliphatic hydroxyl groups is 1. The predicted molar refractivity (Wildman–Crippen MR) is 78.5 cm³/mol. The van der Waals surface area contributed by atoms with Crippen LogP contribution in [0.5, 0.6) is 0 Å². The molecule has 0 amide bonds. The summed E-state index contributed by atoms with van der Waals surface area (Å²) in [4.78, 5) is 2.09. The highest BCUT2D eigenvalue weighted by Crippen LogP contribution is 2.42. The second-order valence-electron chi connectivity index (χ2n) is 5.76. The van der Waals surface area contributed by atoms with Crippen molar-refractivity contribution in [1.29, 1.82) is 0 Å². The van der Waals surface area contributed by atoms with E-state index in [0.717, 1.165) is 25.8 Å². The monoisotopic (exact) mass is 329 g/mol. The van der Waals surface area contributed by atoms with Crippen LogP contribution in [0.25, 0.3) is 0 Å². The van der Waals surface area contributed by atoms with Gasteiger partial charge in [-0.15, -0.1) is 0 Å². The summed E-state index contributed by atoms with van der Waals surface area (Å²) in [5.74, 6) is -0.142. The average molecular weight is 330 g/mol. The lowest BCUT2D eigenvalue weighted by Gasteiger charge is -2.41. The molecular weight excluding hydrogens is 309 g/mol. The summed E-state index contributed by atoms with van der Waals surface area (Å²) in [5.41, 5.74) is -0.191. The second kappa shape index (κ2) is 5.90. The van der Waals surface area contributed by atoms with Crippen LogP contribution in [0, 0.1) is 11.7 Å². The lowest BCUT2D eigenvalue weighted by atomic mass is 9.71. The summed E-state index contributed by atoms with van der Waals surface area (Å²) < 4.78 is 14.2. The van der Waals surface area contributed by atoms with Crippen molar-refractivity contribution in [2.24, 2.45) is 5.92 Å². The van der Waals surface area contributed by atoms with Crippen LogP contribution in [0.3, 0.4) is 0 Å². The Bertz CT molecular complexity index is 452. The highest BCUT2D eigenvalue weighted by Gasteiger charge is 2.40. The minimum Gasteiger partial charge on any atom is -0.385 e. The Morgan fingerprint density at radius 2 is 2.16 bits per heavy atom. The maximum atomic E-state index is 13.7. The molecule has 19 heavy (non-hydrogen) atoms. The molecule has 1 aromatic carbocycles. The van der Waals surface area contributed by atoms with Crippen molar-refractivity contribution in [1.82, 2.24) is 4.90 Å². The van der Waals surface area contributed by atoms with Crippen LogP contribution in [0.2, 0.25) is 0 Å². The van der Waals surface area contributed by atoms with Gasteiger partial charge < -0.3 is 10.0 Å². The van der Waals surface area contributed by atoms with Crippen molar-refractivity contribution in [3.8, 4) is 0 Å². The molecule has 1 aliphatic rings. The number of hydrogen-bond acceptors (Lipinski definition) is 2. The first-order valence-corrected chi connectivity index (χ1v) is 7.55. The van der Waals surface area contributed by atoms with Gasteiger partial charge >= 0.3 is 0 Å². The van der Waals surface area contributed by atoms with E-state index >= 15 is 0 Å². The zero-order valence-electron chi connectivity index (χ0n) is 11.5. The van der Waals surface area contributed by atoms with Crippen molar-refractivity contribution in [2.45, 2.75) is 31.3 Å². The van der Waals surface area contributed by atoms with E-state index in [2.05, 4.69) is 20.8 Å². The van der Waals surface area contributed by atoms with Crippen LogP contribution in [0.15, 0.2) is 22.7 Å². The molecule has 1 fully saturated rings. The van der Waals surface area contributed by atoms with Crippen LogP contribution in [0.4, 0.5) is 4.39 Å². The van der Waals surface area contributed by atoms with Gasteiger partial charge in [-0.05, 0) is 60.6 Å². The predicted octanol–water partition coefficient (Wildman–Crippen LogP) is 3.53. The molecule has 1 aromatic rings. The smallest absolute Gasteiger partial charge is 0.137 e. The molecule has 106 valence electrons. The van der Waals surface area contributed by atoms with E-state index in [9.17, 15) is 9.50 Å². The quantitative estimate of drug-likeness (QED) is 0.917. The SMILES string of the molecule is CN(C)CC1CCCCC1(O)c1ccc(Br)c(F)c1. The molecule has 0 radical (unpaired) electrons. The van der Waals surface area contributed by atoms with Gasteiger partial charge in [0.05, 0.1) is 10.1 Å². The zero-order valence-corrected chi connectivity index (χ0v) is 13.1. The zero-order chi connectivity index (χ0) is 14.0. The van der Waals surface area contributed by atoms with Crippen molar-refractivity contribution in [3.05, 3.63) is 34.1 Å². The van der Waals surface area contributed by atoms with E-state index in [0.29, 0.717) is 16.5 Å². The standard InChI is InChI=1S/C15H21BrFNO/c1-18(2)10-12-5-3-4-8-15(12,19)11-6-7-13(16)14(17)9-11/h6-7,9,12,19H,3-5,8,10H2,1-2H3. The lowest BCUT2D eigenvalue weighted by Crippen LogP contribution is -2.43. The number of hydrogen-bond donors (Lipinski definition) is 1. The molecule has 1 aliphatic carbocycles. The molecule has 0 heterocycles. The normalized spacial score (nSPS) is 27.8. The summed E-state index contributed by atoms with van der Waals surface area (Å²) in [7, 11) is 4.02. The molecule has 4 heteroatoms. The Hall–Kier alpha value is -0.450. The molecular formula is C15H21BrFNO. The highest BCUT2D eigenvalue weighted by molar-refractivity contribution is 9.10. The molecule has 0 aromatic heterocycles. The molecule has 0 bridgehead atoms. The summed E-state index contributed by atoms with van der Waals surface area (Å²) in [6, 6.07) is 4.99. The van der Waals surface area contributed by atoms with Gasteiger partial charge in [0.25, 0.3) is 0 Å². The van der Waals surface area contributed by atoms with E-state index in [-0.39, 0.29) is 11.7 Å². The number of rotatable bonds is 3. The van der Waals surface area contributed by atoms with Gasteiger partial charge in [0.1, 0.15) is 5.82 Å². The van der Waals surface area contributed by atoms with E-state index < -0.39 is 5.60 Å². The highest BCUT2D eigenvalue weighted by atomic mass is 79.9. The van der Waals surface area contributed by atoms with Gasteiger partial charge in [-0.25, -0.2) is 4.39 Å². The maximum Gasteiger partial charge on any atom is 0.137 e. The third-order valence-corrected chi connectivity index (χ3v) is 4.68. The molecule has 1 saturated carbocycles. The number of halogens is 2. The van der Waals surface area contributed by atoms with Crippen molar-refractivity contribution >= 4 is 15.9 Å². The summed E-state index contributed by atoms with van der Waals surface area (Å²) >= 11 is 3.16. The molecule has 0 aliphatic heterocycles. The van der Waals surface area contributed by atoms with E-state index in [1.165, 1.54) is 6.07 Å².